The van der Waals surface area contributed by atoms with Crippen LogP contribution >= 0.6 is 0 Å². The Morgan fingerprint density at radius 2 is 2.04 bits per heavy atom. The van der Waals surface area contributed by atoms with Crippen molar-refractivity contribution >= 4 is 5.91 Å². The third-order valence-corrected chi connectivity index (χ3v) is 3.88. The average Bonchev–Trinajstić information content (AvgIpc) is 2.64. The smallest absolute Gasteiger partial charge is 0.264 e. The number of nitrogens with one attached hydrogen (secondary N) is 1. The minimum Gasteiger partial charge on any atom is -0.497 e. The summed E-state index contributed by atoms with van der Waals surface area (Å²) in [6.45, 7) is 0.830. The highest BCUT2D eigenvalue weighted by molar-refractivity contribution is 5.81. The molecule has 0 aromatic heterocycles. The minimum absolute atomic E-state index is 0.143. The van der Waals surface area contributed by atoms with Crippen molar-refractivity contribution in [1.29, 1.82) is 0 Å². The molecule has 126 valence electrons. The van der Waals surface area contributed by atoms with E-state index in [2.05, 4.69) is 11.4 Å². The van der Waals surface area contributed by atoms with E-state index in [0.717, 1.165) is 18.6 Å². The summed E-state index contributed by atoms with van der Waals surface area (Å²) in [6.07, 6.45) is 1.13. The average molecular weight is 327 g/mol. The van der Waals surface area contributed by atoms with Gasteiger partial charge in [0.15, 0.2) is 11.5 Å². The van der Waals surface area contributed by atoms with Gasteiger partial charge in [0, 0.05) is 6.54 Å². The van der Waals surface area contributed by atoms with Crippen LogP contribution in [0.15, 0.2) is 48.5 Å². The van der Waals surface area contributed by atoms with Gasteiger partial charge in [-0.2, -0.15) is 0 Å². The highest BCUT2D eigenvalue weighted by Gasteiger charge is 2.26. The number of carbonyl (C=O) groups is 1. The summed E-state index contributed by atoms with van der Waals surface area (Å²) in [5.74, 6) is 2.00. The summed E-state index contributed by atoms with van der Waals surface area (Å²) < 4.78 is 16.5. The largest absolute Gasteiger partial charge is 0.497 e. The molecule has 1 aliphatic heterocycles. The number of hydrogen-bond donors (Lipinski definition) is 1. The number of hydrogen-bond acceptors (Lipinski definition) is 4. The highest BCUT2D eigenvalue weighted by atomic mass is 16.6. The molecular formula is C19H21NO4. The molecule has 0 radical (unpaired) electrons. The first-order valence-electron chi connectivity index (χ1n) is 8.05. The van der Waals surface area contributed by atoms with Gasteiger partial charge in [-0.05, 0) is 42.7 Å². The van der Waals surface area contributed by atoms with Crippen LogP contribution in [-0.4, -0.2) is 32.3 Å². The van der Waals surface area contributed by atoms with E-state index in [1.54, 1.807) is 13.2 Å². The van der Waals surface area contributed by atoms with Crippen molar-refractivity contribution in [2.75, 3.05) is 20.3 Å². The molecule has 0 bridgehead atoms. The molecule has 0 aliphatic carbocycles. The molecule has 2 aromatic carbocycles. The molecule has 2 aromatic rings. The molecule has 3 rings (SSSR count). The number of carbonyl (C=O) groups excluding carboxylic acids is 1. The summed E-state index contributed by atoms with van der Waals surface area (Å²) in [7, 11) is 1.66. The molecule has 1 amide bonds. The summed E-state index contributed by atoms with van der Waals surface area (Å²) in [6, 6.07) is 15.3. The lowest BCUT2D eigenvalue weighted by atomic mass is 10.1. The molecule has 0 fully saturated rings. The molecule has 1 unspecified atom stereocenters. The van der Waals surface area contributed by atoms with Crippen molar-refractivity contribution in [2.24, 2.45) is 0 Å². The standard InChI is InChI=1S/C19H21NO4/c1-22-15-8-4-6-14(12-15)7-5-11-20-19(21)18-13-23-16-9-2-3-10-17(16)24-18/h2-4,6,8-10,12,18H,5,7,11,13H2,1H3,(H,20,21). The zero-order valence-electron chi connectivity index (χ0n) is 13.7. The van der Waals surface area contributed by atoms with Crippen molar-refractivity contribution in [2.45, 2.75) is 18.9 Å². The number of benzene rings is 2. The summed E-state index contributed by atoms with van der Waals surface area (Å²) in [4.78, 5) is 12.2. The number of aryl methyl sites for hydroxylation is 1. The van der Waals surface area contributed by atoms with E-state index in [-0.39, 0.29) is 12.5 Å². The van der Waals surface area contributed by atoms with E-state index >= 15 is 0 Å². The molecule has 5 heteroatoms. The van der Waals surface area contributed by atoms with Gasteiger partial charge in [-0.3, -0.25) is 4.79 Å². The van der Waals surface area contributed by atoms with Crippen LogP contribution in [0.1, 0.15) is 12.0 Å². The first-order chi connectivity index (χ1) is 11.8. The van der Waals surface area contributed by atoms with E-state index in [9.17, 15) is 4.79 Å². The van der Waals surface area contributed by atoms with Gasteiger partial charge in [-0.1, -0.05) is 24.3 Å². The van der Waals surface area contributed by atoms with Gasteiger partial charge in [0.25, 0.3) is 5.91 Å². The van der Waals surface area contributed by atoms with Crippen molar-refractivity contribution < 1.29 is 19.0 Å². The SMILES string of the molecule is COc1cccc(CCCNC(=O)C2COc3ccccc3O2)c1. The topological polar surface area (TPSA) is 56.8 Å². The molecule has 24 heavy (non-hydrogen) atoms. The number of rotatable bonds is 6. The second-order valence-corrected chi connectivity index (χ2v) is 5.61. The van der Waals surface area contributed by atoms with Gasteiger partial charge in [0.1, 0.15) is 12.4 Å². The summed E-state index contributed by atoms with van der Waals surface area (Å²) in [5.41, 5.74) is 1.19. The highest BCUT2D eigenvalue weighted by Crippen LogP contribution is 2.30. The summed E-state index contributed by atoms with van der Waals surface area (Å²) >= 11 is 0. The zero-order chi connectivity index (χ0) is 16.8. The fraction of sp³-hybridized carbons (Fsp3) is 0.316. The Kier molecular flexibility index (Phi) is 5.21. The van der Waals surface area contributed by atoms with Crippen LogP contribution in [0.3, 0.4) is 0 Å². The van der Waals surface area contributed by atoms with Gasteiger partial charge in [0.2, 0.25) is 6.10 Å². The number of para-hydroxylation sites is 2. The number of methoxy groups -OCH3 is 1. The zero-order valence-corrected chi connectivity index (χ0v) is 13.7. The molecule has 1 heterocycles. The van der Waals surface area contributed by atoms with Gasteiger partial charge >= 0.3 is 0 Å². The molecule has 0 saturated carbocycles. The van der Waals surface area contributed by atoms with Crippen molar-refractivity contribution in [3.8, 4) is 17.2 Å². The lowest BCUT2D eigenvalue weighted by Crippen LogP contribution is -2.44. The Morgan fingerprint density at radius 3 is 2.88 bits per heavy atom. The van der Waals surface area contributed by atoms with Crippen molar-refractivity contribution in [1.82, 2.24) is 5.32 Å². The van der Waals surface area contributed by atoms with Crippen LogP contribution < -0.4 is 19.5 Å². The maximum Gasteiger partial charge on any atom is 0.264 e. The molecule has 0 spiro atoms. The molecule has 5 nitrogen and oxygen atoms in total. The lowest BCUT2D eigenvalue weighted by molar-refractivity contribution is -0.130. The molecular weight excluding hydrogens is 306 g/mol. The van der Waals surface area contributed by atoms with E-state index in [0.29, 0.717) is 18.0 Å². The normalized spacial score (nSPS) is 15.6. The van der Waals surface area contributed by atoms with E-state index < -0.39 is 6.10 Å². The maximum atomic E-state index is 12.2. The summed E-state index contributed by atoms with van der Waals surface area (Å²) in [5, 5.41) is 2.91. The Labute approximate surface area is 141 Å². The van der Waals surface area contributed by atoms with E-state index in [4.69, 9.17) is 14.2 Å². The van der Waals surface area contributed by atoms with Crippen LogP contribution in [-0.2, 0) is 11.2 Å². The fourth-order valence-electron chi connectivity index (χ4n) is 2.59. The second kappa shape index (κ2) is 7.73. The fourth-order valence-corrected chi connectivity index (χ4v) is 2.59. The van der Waals surface area contributed by atoms with Crippen molar-refractivity contribution in [3.05, 3.63) is 54.1 Å². The Balaban J connectivity index is 1.43. The van der Waals surface area contributed by atoms with Gasteiger partial charge in [-0.15, -0.1) is 0 Å². The minimum atomic E-state index is -0.600. The van der Waals surface area contributed by atoms with Crippen LogP contribution in [0, 0.1) is 0 Å². The van der Waals surface area contributed by atoms with Crippen molar-refractivity contribution in [3.63, 3.8) is 0 Å². The monoisotopic (exact) mass is 327 g/mol. The van der Waals surface area contributed by atoms with Crippen LogP contribution in [0.5, 0.6) is 17.2 Å². The molecule has 0 saturated heterocycles. The second-order valence-electron chi connectivity index (χ2n) is 5.61. The Hall–Kier alpha value is -2.69. The maximum absolute atomic E-state index is 12.2. The number of amides is 1. The first kappa shape index (κ1) is 16.2. The van der Waals surface area contributed by atoms with E-state index in [1.165, 1.54) is 5.56 Å². The Bertz CT molecular complexity index is 701. The first-order valence-corrected chi connectivity index (χ1v) is 8.05. The molecule has 1 atom stereocenters. The number of fused-ring (bicyclic) bond motifs is 1. The van der Waals surface area contributed by atoms with Crippen LogP contribution in [0.4, 0.5) is 0 Å². The predicted octanol–water partition coefficient (Wildman–Crippen LogP) is 2.58. The molecule has 1 aliphatic rings. The predicted molar refractivity (Wildman–Crippen MR) is 90.7 cm³/mol. The lowest BCUT2D eigenvalue weighted by Gasteiger charge is -2.25. The van der Waals surface area contributed by atoms with Crippen LogP contribution in [0.2, 0.25) is 0 Å². The third-order valence-electron chi connectivity index (χ3n) is 3.88. The quantitative estimate of drug-likeness (QED) is 0.829. The van der Waals surface area contributed by atoms with E-state index in [1.807, 2.05) is 36.4 Å². The number of ether oxygens (including phenoxy) is 3. The van der Waals surface area contributed by atoms with Gasteiger partial charge < -0.3 is 19.5 Å². The van der Waals surface area contributed by atoms with Gasteiger partial charge in [-0.25, -0.2) is 0 Å². The Morgan fingerprint density at radius 1 is 1.21 bits per heavy atom. The third kappa shape index (κ3) is 3.98. The van der Waals surface area contributed by atoms with Gasteiger partial charge in [0.05, 0.1) is 7.11 Å². The molecule has 1 N–H and O–H groups in total. The van der Waals surface area contributed by atoms with Crippen LogP contribution in [0.25, 0.3) is 0 Å².